The van der Waals surface area contributed by atoms with Crippen LogP contribution in [0.25, 0.3) is 0 Å². The van der Waals surface area contributed by atoms with Crippen LogP contribution < -0.4 is 9.47 Å². The van der Waals surface area contributed by atoms with Gasteiger partial charge in [0.1, 0.15) is 6.10 Å². The average molecular weight is 565 g/mol. The van der Waals surface area contributed by atoms with Gasteiger partial charge in [0.15, 0.2) is 11.5 Å². The number of rotatable bonds is 10. The Labute approximate surface area is 226 Å². The lowest BCUT2D eigenvalue weighted by Crippen LogP contribution is -2.49. The van der Waals surface area contributed by atoms with Crippen LogP contribution in [0.15, 0.2) is 77.7 Å². The number of nitrogens with zero attached hydrogens (tertiary/aromatic N) is 2. The first-order valence-electron chi connectivity index (χ1n) is 12.4. The van der Waals surface area contributed by atoms with Crippen molar-refractivity contribution in [2.75, 3.05) is 53.6 Å². The fourth-order valence-electron chi connectivity index (χ4n) is 4.51. The second-order valence-corrected chi connectivity index (χ2v) is 11.0. The number of hydrogen-bond donors (Lipinski definition) is 0. The molecule has 1 fully saturated rings. The highest BCUT2D eigenvalue weighted by Crippen LogP contribution is 2.34. The van der Waals surface area contributed by atoms with E-state index in [4.69, 9.17) is 14.2 Å². The summed E-state index contributed by atoms with van der Waals surface area (Å²) in [5.41, 5.74) is 0.445. The summed E-state index contributed by atoms with van der Waals surface area (Å²) < 4.78 is 84.3. The largest absolute Gasteiger partial charge is 0.493 e. The molecule has 0 bridgehead atoms. The molecule has 1 saturated heterocycles. The Morgan fingerprint density at radius 3 is 2.13 bits per heavy atom. The number of methoxy groups -OCH3 is 2. The van der Waals surface area contributed by atoms with Crippen molar-refractivity contribution in [3.05, 3.63) is 89.5 Å². The Morgan fingerprint density at radius 2 is 1.49 bits per heavy atom. The van der Waals surface area contributed by atoms with E-state index in [1.807, 2.05) is 30.3 Å². The predicted octanol–water partition coefficient (Wildman–Crippen LogP) is 4.84. The molecule has 210 valence electrons. The fourth-order valence-corrected chi connectivity index (χ4v) is 5.95. The third-order valence-electron chi connectivity index (χ3n) is 6.64. The molecule has 3 aromatic carbocycles. The maximum atomic E-state index is 13.3. The zero-order valence-corrected chi connectivity index (χ0v) is 22.5. The van der Waals surface area contributed by atoms with Gasteiger partial charge in [-0.15, -0.1) is 0 Å². The lowest BCUT2D eigenvalue weighted by atomic mass is 9.99. The Balaban J connectivity index is 1.38. The van der Waals surface area contributed by atoms with E-state index in [-0.39, 0.29) is 11.5 Å². The molecule has 1 aliphatic heterocycles. The fraction of sp³-hybridized carbons (Fsp3) is 0.357. The van der Waals surface area contributed by atoms with Gasteiger partial charge in [0.05, 0.1) is 31.3 Å². The molecule has 3 aromatic rings. The summed E-state index contributed by atoms with van der Waals surface area (Å²) in [4.78, 5) is 2.21. The van der Waals surface area contributed by atoms with Crippen LogP contribution in [0.3, 0.4) is 0 Å². The van der Waals surface area contributed by atoms with Crippen LogP contribution in [0.2, 0.25) is 0 Å². The van der Waals surface area contributed by atoms with Crippen molar-refractivity contribution in [3.8, 4) is 11.5 Å². The van der Waals surface area contributed by atoms with Crippen molar-refractivity contribution in [2.45, 2.75) is 17.2 Å². The van der Waals surface area contributed by atoms with Gasteiger partial charge in [-0.05, 0) is 35.4 Å². The molecule has 0 saturated carbocycles. The van der Waals surface area contributed by atoms with Crippen LogP contribution >= 0.6 is 0 Å². The first-order chi connectivity index (χ1) is 18.6. The maximum absolute atomic E-state index is 13.3. The maximum Gasteiger partial charge on any atom is 0.416 e. The standard InChI is InChI=1S/C28H31F3N2O5S/c1-36-25-12-11-24(20-26(25)37-2)39(34,35)33-15-13-32(14-16-33)17-18-38-27(21-7-4-3-5-8-21)22-9-6-10-23(19-22)28(29,30)31/h3-12,19-20,27H,13-18H2,1-2H3. The highest BCUT2D eigenvalue weighted by Gasteiger charge is 2.32. The van der Waals surface area contributed by atoms with E-state index in [0.717, 1.165) is 17.7 Å². The normalized spacial score (nSPS) is 16.1. The molecule has 1 heterocycles. The first kappa shape index (κ1) is 28.9. The quantitative estimate of drug-likeness (QED) is 0.351. The van der Waals surface area contributed by atoms with Crippen LogP contribution in [0.4, 0.5) is 13.2 Å². The first-order valence-corrected chi connectivity index (χ1v) is 13.9. The van der Waals surface area contributed by atoms with Gasteiger partial charge in [-0.3, -0.25) is 4.90 Å². The minimum absolute atomic E-state index is 0.128. The average Bonchev–Trinajstić information content (AvgIpc) is 2.95. The molecule has 0 spiro atoms. The minimum atomic E-state index is -4.45. The summed E-state index contributed by atoms with van der Waals surface area (Å²) in [5.74, 6) is 0.781. The van der Waals surface area contributed by atoms with Gasteiger partial charge in [0, 0.05) is 38.8 Å². The second kappa shape index (κ2) is 12.4. The van der Waals surface area contributed by atoms with E-state index in [9.17, 15) is 21.6 Å². The number of halogens is 3. The molecule has 0 radical (unpaired) electrons. The van der Waals surface area contributed by atoms with Crippen molar-refractivity contribution >= 4 is 10.0 Å². The van der Waals surface area contributed by atoms with Gasteiger partial charge in [-0.2, -0.15) is 17.5 Å². The highest BCUT2D eigenvalue weighted by atomic mass is 32.2. The Bertz CT molecular complexity index is 1340. The number of ether oxygens (including phenoxy) is 3. The van der Waals surface area contributed by atoms with E-state index in [0.29, 0.717) is 49.8 Å². The monoisotopic (exact) mass is 564 g/mol. The van der Waals surface area contributed by atoms with E-state index in [1.54, 1.807) is 12.1 Å². The van der Waals surface area contributed by atoms with Gasteiger partial charge in [-0.1, -0.05) is 42.5 Å². The molecule has 0 N–H and O–H groups in total. The molecule has 0 amide bonds. The Morgan fingerprint density at radius 1 is 0.821 bits per heavy atom. The number of alkyl halides is 3. The summed E-state index contributed by atoms with van der Waals surface area (Å²) in [6.45, 7) is 2.36. The molecule has 39 heavy (non-hydrogen) atoms. The highest BCUT2D eigenvalue weighted by molar-refractivity contribution is 7.89. The molecule has 0 aliphatic carbocycles. The molecule has 7 nitrogen and oxygen atoms in total. The van der Waals surface area contributed by atoms with E-state index < -0.39 is 27.9 Å². The van der Waals surface area contributed by atoms with Crippen LogP contribution in [-0.4, -0.2) is 71.2 Å². The summed E-state index contributed by atoms with van der Waals surface area (Å²) in [7, 11) is -0.786. The third-order valence-corrected chi connectivity index (χ3v) is 8.53. The summed E-state index contributed by atoms with van der Waals surface area (Å²) >= 11 is 0. The van der Waals surface area contributed by atoms with Gasteiger partial charge in [0.2, 0.25) is 10.0 Å². The summed E-state index contributed by atoms with van der Waals surface area (Å²) in [6.07, 6.45) is -5.12. The van der Waals surface area contributed by atoms with Gasteiger partial charge in [0.25, 0.3) is 0 Å². The number of benzene rings is 3. The number of sulfonamides is 1. The number of hydrogen-bond acceptors (Lipinski definition) is 6. The molecule has 4 rings (SSSR count). The molecule has 1 atom stereocenters. The van der Waals surface area contributed by atoms with E-state index in [2.05, 4.69) is 4.90 Å². The minimum Gasteiger partial charge on any atom is -0.493 e. The van der Waals surface area contributed by atoms with Crippen molar-refractivity contribution in [3.63, 3.8) is 0 Å². The second-order valence-electron chi connectivity index (χ2n) is 9.05. The van der Waals surface area contributed by atoms with Crippen molar-refractivity contribution in [1.82, 2.24) is 9.21 Å². The molecular weight excluding hydrogens is 533 g/mol. The van der Waals surface area contributed by atoms with Crippen molar-refractivity contribution in [2.24, 2.45) is 0 Å². The summed E-state index contributed by atoms with van der Waals surface area (Å²) in [5, 5.41) is 0. The van der Waals surface area contributed by atoms with Crippen LogP contribution in [0, 0.1) is 0 Å². The Kier molecular flexibility index (Phi) is 9.16. The lowest BCUT2D eigenvalue weighted by Gasteiger charge is -2.34. The van der Waals surface area contributed by atoms with Crippen molar-refractivity contribution < 1.29 is 35.8 Å². The van der Waals surface area contributed by atoms with Gasteiger partial charge in [-0.25, -0.2) is 8.42 Å². The topological polar surface area (TPSA) is 68.3 Å². The van der Waals surface area contributed by atoms with E-state index in [1.165, 1.54) is 36.7 Å². The third kappa shape index (κ3) is 6.91. The zero-order valence-electron chi connectivity index (χ0n) is 21.7. The smallest absolute Gasteiger partial charge is 0.416 e. The lowest BCUT2D eigenvalue weighted by molar-refractivity contribution is -0.137. The van der Waals surface area contributed by atoms with Crippen molar-refractivity contribution in [1.29, 1.82) is 0 Å². The number of piperazine rings is 1. The van der Waals surface area contributed by atoms with Crippen LogP contribution in [0.1, 0.15) is 22.8 Å². The molecule has 1 aliphatic rings. The van der Waals surface area contributed by atoms with Crippen LogP contribution in [-0.2, 0) is 20.9 Å². The molecular formula is C28H31F3N2O5S. The molecule has 0 aromatic heterocycles. The Hall–Kier alpha value is -3.12. The van der Waals surface area contributed by atoms with Gasteiger partial charge < -0.3 is 14.2 Å². The summed E-state index contributed by atoms with van der Waals surface area (Å²) in [6, 6.07) is 18.8. The van der Waals surface area contributed by atoms with E-state index >= 15 is 0 Å². The van der Waals surface area contributed by atoms with Gasteiger partial charge >= 0.3 is 6.18 Å². The predicted molar refractivity (Wildman–Crippen MR) is 140 cm³/mol. The molecule has 11 heteroatoms. The molecule has 1 unspecified atom stereocenters. The SMILES string of the molecule is COc1ccc(S(=O)(=O)N2CCN(CCOC(c3ccccc3)c3cccc(C(F)(F)F)c3)CC2)cc1OC. The van der Waals surface area contributed by atoms with Crippen LogP contribution in [0.5, 0.6) is 11.5 Å². The zero-order chi connectivity index (χ0) is 28.0.